The van der Waals surface area contributed by atoms with Crippen molar-refractivity contribution in [2.24, 2.45) is 0 Å². The van der Waals surface area contributed by atoms with E-state index in [2.05, 4.69) is 4.74 Å². The van der Waals surface area contributed by atoms with Gasteiger partial charge in [-0.2, -0.15) is 13.2 Å². The number of ether oxygens (including phenoxy) is 2. The second kappa shape index (κ2) is 6.40. The summed E-state index contributed by atoms with van der Waals surface area (Å²) in [7, 11) is 0. The van der Waals surface area contributed by atoms with E-state index in [1.807, 2.05) is 0 Å². The van der Waals surface area contributed by atoms with Crippen LogP contribution < -0.4 is 4.74 Å². The molecule has 0 N–H and O–H groups in total. The lowest BCUT2D eigenvalue weighted by molar-refractivity contribution is -0.139. The van der Waals surface area contributed by atoms with Gasteiger partial charge in [0.2, 0.25) is 0 Å². The SMILES string of the molecule is CCOC(=O)C(=O)c1ccc(OCC)cc1C(F)(F)F. The number of alkyl halides is 3. The van der Waals surface area contributed by atoms with Crippen molar-refractivity contribution in [3.05, 3.63) is 29.3 Å². The molecule has 1 aromatic rings. The number of carbonyl (C=O) groups is 2. The summed E-state index contributed by atoms with van der Waals surface area (Å²) in [4.78, 5) is 22.9. The number of halogens is 3. The molecule has 0 amide bonds. The number of hydrogen-bond donors (Lipinski definition) is 0. The lowest BCUT2D eigenvalue weighted by Crippen LogP contribution is -2.22. The molecular weight excluding hydrogens is 277 g/mol. The molecule has 0 saturated heterocycles. The van der Waals surface area contributed by atoms with Crippen LogP contribution in [0.4, 0.5) is 13.2 Å². The predicted octanol–water partition coefficient (Wildman–Crippen LogP) is 2.85. The number of rotatable bonds is 5. The van der Waals surface area contributed by atoms with Gasteiger partial charge >= 0.3 is 12.1 Å². The van der Waals surface area contributed by atoms with Gasteiger partial charge in [-0.25, -0.2) is 4.79 Å². The molecule has 20 heavy (non-hydrogen) atoms. The molecule has 4 nitrogen and oxygen atoms in total. The molecule has 110 valence electrons. The van der Waals surface area contributed by atoms with Gasteiger partial charge in [0.05, 0.1) is 18.8 Å². The van der Waals surface area contributed by atoms with E-state index in [9.17, 15) is 22.8 Å². The Bertz CT molecular complexity index is 509. The second-order valence-electron chi connectivity index (χ2n) is 3.69. The Kier molecular flexibility index (Phi) is 5.12. The first-order valence-corrected chi connectivity index (χ1v) is 5.86. The molecule has 0 radical (unpaired) electrons. The van der Waals surface area contributed by atoms with Crippen LogP contribution in [-0.2, 0) is 15.7 Å². The lowest BCUT2D eigenvalue weighted by Gasteiger charge is -2.13. The standard InChI is InChI=1S/C13H13F3O4/c1-3-19-8-5-6-9(10(7-8)13(14,15)16)11(17)12(18)20-4-2/h5-7H,3-4H2,1-2H3. The number of esters is 1. The molecule has 0 spiro atoms. The van der Waals surface area contributed by atoms with Crippen molar-refractivity contribution < 1.29 is 32.2 Å². The van der Waals surface area contributed by atoms with Crippen LogP contribution in [0.1, 0.15) is 29.8 Å². The van der Waals surface area contributed by atoms with Crippen molar-refractivity contribution in [2.75, 3.05) is 13.2 Å². The van der Waals surface area contributed by atoms with Crippen LogP contribution in [0, 0.1) is 0 Å². The second-order valence-corrected chi connectivity index (χ2v) is 3.69. The third kappa shape index (κ3) is 3.72. The van der Waals surface area contributed by atoms with Gasteiger partial charge in [-0.3, -0.25) is 4.79 Å². The molecule has 0 bridgehead atoms. The molecular formula is C13H13F3O4. The largest absolute Gasteiger partial charge is 0.494 e. The Morgan fingerprint density at radius 2 is 1.80 bits per heavy atom. The zero-order chi connectivity index (χ0) is 15.3. The summed E-state index contributed by atoms with van der Waals surface area (Å²) < 4.78 is 48.1. The summed E-state index contributed by atoms with van der Waals surface area (Å²) in [5.74, 6) is -2.68. The first-order valence-electron chi connectivity index (χ1n) is 5.86. The summed E-state index contributed by atoms with van der Waals surface area (Å²) in [5, 5.41) is 0. The lowest BCUT2D eigenvalue weighted by atomic mass is 10.0. The van der Waals surface area contributed by atoms with Gasteiger partial charge in [-0.1, -0.05) is 0 Å². The Balaban J connectivity index is 3.25. The molecule has 1 rings (SSSR count). The third-order valence-corrected chi connectivity index (χ3v) is 2.31. The average molecular weight is 290 g/mol. The summed E-state index contributed by atoms with van der Waals surface area (Å²) in [5.41, 5.74) is -1.97. The van der Waals surface area contributed by atoms with Crippen LogP contribution in [0.15, 0.2) is 18.2 Å². The monoisotopic (exact) mass is 290 g/mol. The van der Waals surface area contributed by atoms with E-state index in [1.54, 1.807) is 6.92 Å². The summed E-state index contributed by atoms with van der Waals surface area (Å²) in [6.45, 7) is 3.16. The molecule has 0 saturated carbocycles. The Morgan fingerprint density at radius 1 is 1.15 bits per heavy atom. The van der Waals surface area contributed by atoms with Gasteiger partial charge in [0.15, 0.2) is 0 Å². The van der Waals surface area contributed by atoms with Crippen LogP contribution in [0.3, 0.4) is 0 Å². The van der Waals surface area contributed by atoms with E-state index in [1.165, 1.54) is 13.0 Å². The fourth-order valence-corrected chi connectivity index (χ4v) is 1.52. The van der Waals surface area contributed by atoms with E-state index in [0.717, 1.165) is 6.07 Å². The fourth-order valence-electron chi connectivity index (χ4n) is 1.52. The van der Waals surface area contributed by atoms with E-state index < -0.39 is 29.1 Å². The highest BCUT2D eigenvalue weighted by Gasteiger charge is 2.37. The van der Waals surface area contributed by atoms with Crippen LogP contribution in [-0.4, -0.2) is 25.0 Å². The van der Waals surface area contributed by atoms with Gasteiger partial charge in [-0.05, 0) is 32.0 Å². The summed E-state index contributed by atoms with van der Waals surface area (Å²) in [6, 6.07) is 2.80. The van der Waals surface area contributed by atoms with Crippen LogP contribution in [0.2, 0.25) is 0 Å². The topological polar surface area (TPSA) is 52.6 Å². The Labute approximate surface area is 113 Å². The maximum Gasteiger partial charge on any atom is 0.417 e. The van der Waals surface area contributed by atoms with Crippen molar-refractivity contribution in [1.82, 2.24) is 0 Å². The zero-order valence-electron chi connectivity index (χ0n) is 10.9. The van der Waals surface area contributed by atoms with Crippen molar-refractivity contribution in [1.29, 1.82) is 0 Å². The first kappa shape index (κ1) is 16.0. The molecule has 0 atom stereocenters. The van der Waals surface area contributed by atoms with Crippen molar-refractivity contribution in [3.63, 3.8) is 0 Å². The molecule has 0 aliphatic carbocycles. The van der Waals surface area contributed by atoms with Crippen molar-refractivity contribution in [3.8, 4) is 5.75 Å². The van der Waals surface area contributed by atoms with Crippen LogP contribution in [0.25, 0.3) is 0 Å². The fraction of sp³-hybridized carbons (Fsp3) is 0.385. The molecule has 0 unspecified atom stereocenters. The van der Waals surface area contributed by atoms with Gasteiger partial charge < -0.3 is 9.47 Å². The minimum Gasteiger partial charge on any atom is -0.494 e. The molecule has 0 fully saturated rings. The van der Waals surface area contributed by atoms with Gasteiger partial charge in [0, 0.05) is 5.56 Å². The maximum absolute atomic E-state index is 12.9. The highest BCUT2D eigenvalue weighted by molar-refractivity contribution is 6.41. The number of ketones is 1. The number of benzene rings is 1. The van der Waals surface area contributed by atoms with Crippen molar-refractivity contribution in [2.45, 2.75) is 20.0 Å². The predicted molar refractivity (Wildman–Crippen MR) is 63.6 cm³/mol. The maximum atomic E-state index is 12.9. The first-order chi connectivity index (χ1) is 9.31. The molecule has 7 heteroatoms. The zero-order valence-corrected chi connectivity index (χ0v) is 10.9. The van der Waals surface area contributed by atoms with E-state index in [0.29, 0.717) is 6.07 Å². The van der Waals surface area contributed by atoms with Gasteiger partial charge in [0.1, 0.15) is 5.75 Å². The highest BCUT2D eigenvalue weighted by atomic mass is 19.4. The molecule has 0 aliphatic heterocycles. The summed E-state index contributed by atoms with van der Waals surface area (Å²) in [6.07, 6.45) is -4.77. The number of Topliss-reactive ketones (excluding diaryl/α,β-unsaturated/α-hetero) is 1. The Hall–Kier alpha value is -2.05. The number of carbonyl (C=O) groups excluding carboxylic acids is 2. The molecule has 1 aromatic carbocycles. The van der Waals surface area contributed by atoms with E-state index >= 15 is 0 Å². The smallest absolute Gasteiger partial charge is 0.417 e. The van der Waals surface area contributed by atoms with Gasteiger partial charge in [-0.15, -0.1) is 0 Å². The summed E-state index contributed by atoms with van der Waals surface area (Å²) >= 11 is 0. The molecule has 0 aliphatic rings. The van der Waals surface area contributed by atoms with Crippen LogP contribution >= 0.6 is 0 Å². The van der Waals surface area contributed by atoms with Crippen molar-refractivity contribution >= 4 is 11.8 Å². The quantitative estimate of drug-likeness (QED) is 0.475. The highest BCUT2D eigenvalue weighted by Crippen LogP contribution is 2.34. The minimum absolute atomic E-state index is 0.0276. The van der Waals surface area contributed by atoms with Crippen LogP contribution in [0.5, 0.6) is 5.75 Å². The van der Waals surface area contributed by atoms with E-state index in [4.69, 9.17) is 4.74 Å². The minimum atomic E-state index is -4.77. The van der Waals surface area contributed by atoms with E-state index in [-0.39, 0.29) is 19.0 Å². The van der Waals surface area contributed by atoms with Gasteiger partial charge in [0.25, 0.3) is 5.78 Å². The normalized spacial score (nSPS) is 11.1. The molecule has 0 aromatic heterocycles. The Morgan fingerprint density at radius 3 is 2.30 bits per heavy atom. The third-order valence-electron chi connectivity index (χ3n) is 2.31. The average Bonchev–Trinajstić information content (AvgIpc) is 2.37. The molecule has 0 heterocycles. The number of hydrogen-bond acceptors (Lipinski definition) is 4.